The Hall–Kier alpha value is -0.960. The SMILES string of the molecule is O=C(O)C1CCO[C@H]1C1CCN(C(=O)CSC(F)(F)F)CC1. The highest BCUT2D eigenvalue weighted by molar-refractivity contribution is 8.00. The average molecular weight is 341 g/mol. The number of carbonyl (C=O) groups is 2. The number of amides is 1. The Balaban J connectivity index is 1.80. The number of ether oxygens (including phenoxy) is 1. The van der Waals surface area contributed by atoms with Gasteiger partial charge in [0.05, 0.1) is 17.8 Å². The highest BCUT2D eigenvalue weighted by Crippen LogP contribution is 2.34. The second kappa shape index (κ2) is 7.08. The Labute approximate surface area is 130 Å². The van der Waals surface area contributed by atoms with E-state index in [0.29, 0.717) is 39.0 Å². The number of hydrogen-bond acceptors (Lipinski definition) is 4. The molecule has 0 radical (unpaired) electrons. The third-order valence-corrected chi connectivity index (χ3v) is 4.89. The van der Waals surface area contributed by atoms with Gasteiger partial charge in [-0.15, -0.1) is 0 Å². The Bertz CT molecular complexity index is 424. The minimum absolute atomic E-state index is 0.0444. The standard InChI is InChI=1S/C13H18F3NO4S/c14-13(15,16)22-7-10(18)17-4-1-8(2-5-17)11-9(12(19)20)3-6-21-11/h8-9,11H,1-7H2,(H,19,20)/t9?,11-/m0/s1. The number of piperidine rings is 1. The first-order valence-electron chi connectivity index (χ1n) is 7.11. The van der Waals surface area contributed by atoms with E-state index in [0.717, 1.165) is 0 Å². The van der Waals surface area contributed by atoms with E-state index in [1.54, 1.807) is 0 Å². The lowest BCUT2D eigenvalue weighted by atomic mass is 9.84. The zero-order chi connectivity index (χ0) is 16.3. The first kappa shape index (κ1) is 17.4. The van der Waals surface area contributed by atoms with Crippen molar-refractivity contribution in [1.82, 2.24) is 4.90 Å². The van der Waals surface area contributed by atoms with Crippen LogP contribution in [0, 0.1) is 11.8 Å². The van der Waals surface area contributed by atoms with Gasteiger partial charge in [0.2, 0.25) is 5.91 Å². The maximum atomic E-state index is 12.1. The maximum Gasteiger partial charge on any atom is 0.442 e. The normalized spacial score (nSPS) is 27.1. The van der Waals surface area contributed by atoms with E-state index >= 15 is 0 Å². The first-order valence-corrected chi connectivity index (χ1v) is 8.09. The molecule has 2 saturated heterocycles. The predicted octanol–water partition coefficient (Wildman–Crippen LogP) is 1.97. The number of nitrogens with zero attached hydrogens (tertiary/aromatic N) is 1. The second-order valence-corrected chi connectivity index (χ2v) is 6.56. The summed E-state index contributed by atoms with van der Waals surface area (Å²) < 4.78 is 41.8. The lowest BCUT2D eigenvalue weighted by molar-refractivity contribution is -0.145. The van der Waals surface area contributed by atoms with Gasteiger partial charge in [-0.05, 0) is 36.9 Å². The number of aliphatic carboxylic acids is 1. The van der Waals surface area contributed by atoms with E-state index in [2.05, 4.69) is 0 Å². The van der Waals surface area contributed by atoms with Gasteiger partial charge in [0.1, 0.15) is 0 Å². The second-order valence-electron chi connectivity index (χ2n) is 5.52. The molecule has 2 aliphatic heterocycles. The van der Waals surface area contributed by atoms with Gasteiger partial charge in [-0.25, -0.2) is 0 Å². The Morgan fingerprint density at radius 1 is 1.23 bits per heavy atom. The molecule has 9 heteroatoms. The molecule has 5 nitrogen and oxygen atoms in total. The summed E-state index contributed by atoms with van der Waals surface area (Å²) in [6.07, 6.45) is 1.27. The number of likely N-dealkylation sites (tertiary alicyclic amines) is 1. The molecule has 22 heavy (non-hydrogen) atoms. The lowest BCUT2D eigenvalue weighted by Crippen LogP contribution is -2.44. The van der Waals surface area contributed by atoms with Gasteiger partial charge in [-0.2, -0.15) is 13.2 Å². The van der Waals surface area contributed by atoms with Gasteiger partial charge in [-0.1, -0.05) is 0 Å². The van der Waals surface area contributed by atoms with Crippen LogP contribution in [0.1, 0.15) is 19.3 Å². The van der Waals surface area contributed by atoms with Gasteiger partial charge in [0.25, 0.3) is 0 Å². The van der Waals surface area contributed by atoms with Gasteiger partial charge in [-0.3, -0.25) is 9.59 Å². The van der Waals surface area contributed by atoms with Gasteiger partial charge in [0, 0.05) is 19.7 Å². The van der Waals surface area contributed by atoms with E-state index in [1.807, 2.05) is 0 Å². The summed E-state index contributed by atoms with van der Waals surface area (Å²) in [5, 5.41) is 9.15. The number of thioether (sulfide) groups is 1. The number of hydrogen-bond donors (Lipinski definition) is 1. The molecule has 126 valence electrons. The molecule has 1 amide bonds. The van der Waals surface area contributed by atoms with Crippen molar-refractivity contribution in [3.05, 3.63) is 0 Å². The van der Waals surface area contributed by atoms with Crippen molar-refractivity contribution in [2.75, 3.05) is 25.4 Å². The van der Waals surface area contributed by atoms with Crippen LogP contribution in [0.3, 0.4) is 0 Å². The summed E-state index contributed by atoms with van der Waals surface area (Å²) >= 11 is -0.328. The largest absolute Gasteiger partial charge is 0.481 e. The van der Waals surface area contributed by atoms with Crippen molar-refractivity contribution in [2.45, 2.75) is 30.9 Å². The molecular weight excluding hydrogens is 323 g/mol. The Morgan fingerprint density at radius 2 is 1.86 bits per heavy atom. The van der Waals surface area contributed by atoms with Crippen molar-refractivity contribution < 1.29 is 32.6 Å². The van der Waals surface area contributed by atoms with E-state index in [4.69, 9.17) is 9.84 Å². The fraction of sp³-hybridized carbons (Fsp3) is 0.846. The zero-order valence-electron chi connectivity index (χ0n) is 11.8. The molecule has 0 aliphatic carbocycles. The van der Waals surface area contributed by atoms with Crippen LogP contribution in [-0.2, 0) is 14.3 Å². The summed E-state index contributed by atoms with van der Waals surface area (Å²) in [6.45, 7) is 1.13. The summed E-state index contributed by atoms with van der Waals surface area (Å²) in [5.74, 6) is -2.48. The van der Waals surface area contributed by atoms with Crippen LogP contribution in [0.4, 0.5) is 13.2 Å². The Kier molecular flexibility index (Phi) is 5.60. The molecule has 1 N–H and O–H groups in total. The minimum Gasteiger partial charge on any atom is -0.481 e. The number of carbonyl (C=O) groups excluding carboxylic acids is 1. The number of rotatable bonds is 4. The fourth-order valence-corrected chi connectivity index (χ4v) is 3.52. The summed E-state index contributed by atoms with van der Waals surface area (Å²) in [4.78, 5) is 24.3. The maximum absolute atomic E-state index is 12.1. The topological polar surface area (TPSA) is 66.8 Å². The molecular formula is C13H18F3NO4S. The van der Waals surface area contributed by atoms with Gasteiger partial charge in [0.15, 0.2) is 0 Å². The van der Waals surface area contributed by atoms with Crippen LogP contribution in [0.15, 0.2) is 0 Å². The number of halogens is 3. The van der Waals surface area contributed by atoms with Crippen LogP contribution in [0.2, 0.25) is 0 Å². The molecule has 0 aromatic rings. The van der Waals surface area contributed by atoms with Gasteiger partial charge >= 0.3 is 11.5 Å². The molecule has 2 aliphatic rings. The molecule has 2 fully saturated rings. The van der Waals surface area contributed by atoms with Crippen LogP contribution in [0.5, 0.6) is 0 Å². The summed E-state index contributed by atoms with van der Waals surface area (Å²) in [7, 11) is 0. The van der Waals surface area contributed by atoms with E-state index in [-0.39, 0.29) is 23.8 Å². The summed E-state index contributed by atoms with van der Waals surface area (Å²) in [5.41, 5.74) is -4.40. The lowest BCUT2D eigenvalue weighted by Gasteiger charge is -2.35. The number of carboxylic acid groups (broad SMARTS) is 1. The third-order valence-electron chi connectivity index (χ3n) is 4.17. The molecule has 0 saturated carbocycles. The zero-order valence-corrected chi connectivity index (χ0v) is 12.7. The van der Waals surface area contributed by atoms with Gasteiger partial charge < -0.3 is 14.7 Å². The molecule has 0 spiro atoms. The average Bonchev–Trinajstić information content (AvgIpc) is 2.94. The molecule has 0 aromatic heterocycles. The predicted molar refractivity (Wildman–Crippen MR) is 73.3 cm³/mol. The van der Waals surface area contributed by atoms with Crippen LogP contribution in [-0.4, -0.2) is 58.9 Å². The van der Waals surface area contributed by atoms with Crippen LogP contribution in [0.25, 0.3) is 0 Å². The quantitative estimate of drug-likeness (QED) is 0.847. The van der Waals surface area contributed by atoms with Crippen LogP contribution >= 0.6 is 11.8 Å². The van der Waals surface area contributed by atoms with E-state index in [9.17, 15) is 22.8 Å². The third kappa shape index (κ3) is 4.52. The molecule has 2 atom stereocenters. The number of carboxylic acids is 1. The molecule has 2 heterocycles. The summed E-state index contributed by atoms with van der Waals surface area (Å²) in [6, 6.07) is 0. The number of alkyl halides is 3. The monoisotopic (exact) mass is 341 g/mol. The van der Waals surface area contributed by atoms with Crippen molar-refractivity contribution in [3.8, 4) is 0 Å². The van der Waals surface area contributed by atoms with E-state index < -0.39 is 29.1 Å². The Morgan fingerprint density at radius 3 is 2.41 bits per heavy atom. The highest BCUT2D eigenvalue weighted by atomic mass is 32.2. The van der Waals surface area contributed by atoms with Crippen molar-refractivity contribution in [1.29, 1.82) is 0 Å². The van der Waals surface area contributed by atoms with Crippen LogP contribution < -0.4 is 0 Å². The van der Waals surface area contributed by atoms with Crippen molar-refractivity contribution >= 4 is 23.6 Å². The first-order chi connectivity index (χ1) is 10.3. The molecule has 1 unspecified atom stereocenters. The smallest absolute Gasteiger partial charge is 0.442 e. The van der Waals surface area contributed by atoms with E-state index in [1.165, 1.54) is 4.90 Å². The van der Waals surface area contributed by atoms with Crippen molar-refractivity contribution in [2.24, 2.45) is 11.8 Å². The fourth-order valence-electron chi connectivity index (χ4n) is 3.05. The highest BCUT2D eigenvalue weighted by Gasteiger charge is 2.41. The molecule has 2 rings (SSSR count). The molecule has 0 aromatic carbocycles. The molecule has 0 bridgehead atoms. The minimum atomic E-state index is -4.40. The van der Waals surface area contributed by atoms with Crippen molar-refractivity contribution in [3.63, 3.8) is 0 Å².